The molecule has 9 rings (SSSR count). The molecule has 6 atom stereocenters. The van der Waals surface area contributed by atoms with Gasteiger partial charge in [0.25, 0.3) is 0 Å². The molecule has 0 radical (unpaired) electrons. The molecule has 51 heavy (non-hydrogen) atoms. The lowest BCUT2D eigenvalue weighted by molar-refractivity contribution is -0.136. The second kappa shape index (κ2) is 12.4. The van der Waals surface area contributed by atoms with Crippen LogP contribution >= 0.6 is 0 Å². The van der Waals surface area contributed by atoms with Crippen molar-refractivity contribution >= 4 is 33.8 Å². The number of alkyl carbamates (subject to hydrolysis) is 1. The first-order valence-corrected chi connectivity index (χ1v) is 18.0. The Morgan fingerprint density at radius 3 is 2.75 bits per heavy atom. The number of piperidine rings is 1. The molecule has 5 aromatic rings. The lowest BCUT2D eigenvalue weighted by Crippen LogP contribution is -2.52. The Hall–Kier alpha value is -4.94. The van der Waals surface area contributed by atoms with Gasteiger partial charge in [-0.3, -0.25) is 4.79 Å². The van der Waals surface area contributed by atoms with E-state index in [1.807, 2.05) is 24.9 Å². The summed E-state index contributed by atoms with van der Waals surface area (Å²) in [4.78, 5) is 44.9. The summed E-state index contributed by atoms with van der Waals surface area (Å²) in [6.45, 7) is 6.02. The molecule has 2 saturated heterocycles. The third kappa shape index (κ3) is 5.52. The number of benzene rings is 3. The molecule has 3 aromatic carbocycles. The number of aromatic amines is 2. The summed E-state index contributed by atoms with van der Waals surface area (Å²) in [5, 5.41) is 8.40. The van der Waals surface area contributed by atoms with Crippen LogP contribution in [0.2, 0.25) is 0 Å². The largest absolute Gasteiger partial charge is 0.488 e. The van der Waals surface area contributed by atoms with Crippen LogP contribution in [0, 0.1) is 17.8 Å². The maximum Gasteiger partial charge on any atom is 0.407 e. The topological polar surface area (TPSA) is 146 Å². The van der Waals surface area contributed by atoms with Gasteiger partial charge in [-0.05, 0) is 83.4 Å². The van der Waals surface area contributed by atoms with E-state index in [1.54, 1.807) is 7.11 Å². The Labute approximate surface area is 295 Å². The number of aromatic nitrogens is 4. The third-order valence-corrected chi connectivity index (χ3v) is 11.3. The predicted octanol–water partition coefficient (Wildman–Crippen LogP) is 6.01. The lowest BCUT2D eigenvalue weighted by atomic mass is 9.92. The van der Waals surface area contributed by atoms with Crippen molar-refractivity contribution in [2.75, 3.05) is 27.4 Å². The number of H-pyrrole nitrogens is 2. The van der Waals surface area contributed by atoms with Gasteiger partial charge in [-0.2, -0.15) is 0 Å². The Kier molecular flexibility index (Phi) is 7.77. The Balaban J connectivity index is 0.993. The number of carbonyl (C=O) groups excluding carboxylic acids is 2. The van der Waals surface area contributed by atoms with Crippen LogP contribution in [0.1, 0.15) is 62.4 Å². The minimum atomic E-state index is -0.673. The lowest BCUT2D eigenvalue weighted by Gasteiger charge is -2.31. The van der Waals surface area contributed by atoms with Crippen LogP contribution in [0.3, 0.4) is 0 Å². The van der Waals surface area contributed by atoms with E-state index >= 15 is 0 Å². The summed E-state index contributed by atoms with van der Waals surface area (Å²) >= 11 is 0. The highest BCUT2D eigenvalue weighted by molar-refractivity contribution is 6.07. The monoisotopic (exact) mass is 689 g/mol. The van der Waals surface area contributed by atoms with Gasteiger partial charge < -0.3 is 39.7 Å². The molecule has 0 spiro atoms. The van der Waals surface area contributed by atoms with E-state index in [9.17, 15) is 9.59 Å². The summed E-state index contributed by atoms with van der Waals surface area (Å²) < 4.78 is 16.6. The highest BCUT2D eigenvalue weighted by Crippen LogP contribution is 2.54. The van der Waals surface area contributed by atoms with Crippen LogP contribution in [0.15, 0.2) is 48.7 Å². The normalized spacial score (nSPS) is 23.9. The number of likely N-dealkylation sites (tertiary alicyclic amines) is 1. The predicted molar refractivity (Wildman–Crippen MR) is 192 cm³/mol. The molecule has 1 saturated carbocycles. The second-order valence-corrected chi connectivity index (χ2v) is 14.9. The quantitative estimate of drug-likeness (QED) is 0.155. The first kappa shape index (κ1) is 32.0. The smallest absolute Gasteiger partial charge is 0.407 e. The van der Waals surface area contributed by atoms with Crippen molar-refractivity contribution in [1.82, 2.24) is 35.5 Å². The van der Waals surface area contributed by atoms with Gasteiger partial charge >= 0.3 is 6.09 Å². The number of methoxy groups -OCH3 is 2. The fourth-order valence-electron chi connectivity index (χ4n) is 8.55. The van der Waals surface area contributed by atoms with Gasteiger partial charge in [0.2, 0.25) is 5.91 Å². The van der Waals surface area contributed by atoms with Gasteiger partial charge in [0.1, 0.15) is 30.0 Å². The van der Waals surface area contributed by atoms with Crippen LogP contribution in [0.5, 0.6) is 5.75 Å². The van der Waals surface area contributed by atoms with Gasteiger partial charge in [-0.25, -0.2) is 14.8 Å². The Bertz CT molecular complexity index is 2170. The van der Waals surface area contributed by atoms with Crippen LogP contribution in [0.4, 0.5) is 4.79 Å². The zero-order chi connectivity index (χ0) is 35.0. The molecule has 4 N–H and O–H groups in total. The van der Waals surface area contributed by atoms with E-state index in [0.29, 0.717) is 18.4 Å². The fourth-order valence-corrected chi connectivity index (χ4v) is 8.55. The summed E-state index contributed by atoms with van der Waals surface area (Å²) in [6, 6.07) is 14.5. The SMILES string of the molecule is COCC1CNC(c2ncc(-c3ccc4c(c3)COc3cc5c(ccc6[nH]c(C7CC8CC8N7C(=O)C(NC(=O)OC)C(C)C)nc65)cc3-4)[nH]2)C1. The number of rotatable bonds is 8. The summed E-state index contributed by atoms with van der Waals surface area (Å²) in [7, 11) is 3.07. The zero-order valence-electron chi connectivity index (χ0n) is 29.3. The number of nitrogens with one attached hydrogen (secondary N) is 4. The highest BCUT2D eigenvalue weighted by Gasteiger charge is 2.56. The number of hydrogen-bond donors (Lipinski definition) is 4. The summed E-state index contributed by atoms with van der Waals surface area (Å²) in [5.41, 5.74) is 7.19. The van der Waals surface area contributed by atoms with Gasteiger partial charge in [0, 0.05) is 30.6 Å². The van der Waals surface area contributed by atoms with Crippen LogP contribution < -0.4 is 15.4 Å². The van der Waals surface area contributed by atoms with E-state index in [0.717, 1.165) is 99.6 Å². The molecule has 6 unspecified atom stereocenters. The molecule has 5 heterocycles. The average molecular weight is 690 g/mol. The van der Waals surface area contributed by atoms with Crippen molar-refractivity contribution in [3.05, 3.63) is 65.9 Å². The first-order chi connectivity index (χ1) is 24.8. The molecule has 0 bridgehead atoms. The average Bonchev–Trinajstić information content (AvgIpc) is 3.64. The van der Waals surface area contributed by atoms with Gasteiger partial charge in [-0.15, -0.1) is 0 Å². The number of carbonyl (C=O) groups is 2. The van der Waals surface area contributed by atoms with Crippen molar-refractivity contribution in [3.8, 4) is 28.1 Å². The molecule has 3 aliphatic heterocycles. The van der Waals surface area contributed by atoms with E-state index < -0.39 is 12.1 Å². The van der Waals surface area contributed by atoms with Crippen molar-refractivity contribution in [1.29, 1.82) is 0 Å². The second-order valence-electron chi connectivity index (χ2n) is 14.9. The van der Waals surface area contributed by atoms with Crippen LogP contribution in [-0.2, 0) is 20.9 Å². The van der Waals surface area contributed by atoms with E-state index in [-0.39, 0.29) is 30.0 Å². The molecule has 264 valence electrons. The molecule has 12 heteroatoms. The van der Waals surface area contributed by atoms with Crippen LogP contribution in [0.25, 0.3) is 44.2 Å². The number of imidazole rings is 2. The van der Waals surface area contributed by atoms with Gasteiger partial charge in [0.15, 0.2) is 0 Å². The molecule has 4 aliphatic rings. The summed E-state index contributed by atoms with van der Waals surface area (Å²) in [6.07, 6.45) is 4.15. The molecule has 3 fully saturated rings. The fraction of sp³-hybridized carbons (Fsp3) is 0.436. The van der Waals surface area contributed by atoms with Gasteiger partial charge in [-0.1, -0.05) is 32.0 Å². The minimum absolute atomic E-state index is 0.0881. The third-order valence-electron chi connectivity index (χ3n) is 11.3. The molecular formula is C39H43N7O5. The van der Waals surface area contributed by atoms with Crippen molar-refractivity contribution in [2.24, 2.45) is 17.8 Å². The maximum atomic E-state index is 13.9. The van der Waals surface area contributed by atoms with E-state index in [2.05, 4.69) is 63.1 Å². The maximum absolute atomic E-state index is 13.9. The molecule has 1 aliphatic carbocycles. The summed E-state index contributed by atoms with van der Waals surface area (Å²) in [5.74, 6) is 3.33. The number of nitrogens with zero attached hydrogens (tertiary/aromatic N) is 3. The number of fused-ring (bicyclic) bond motifs is 7. The highest BCUT2D eigenvalue weighted by atomic mass is 16.5. The van der Waals surface area contributed by atoms with Gasteiger partial charge in [0.05, 0.1) is 48.7 Å². The standard InChI is InChI=1S/C39H43N7O5/c1-19(2)34(45-39(48)50-4)38(47)46-31-12-23(31)13-32(46)37-42-28-8-6-21-11-27-25-7-5-22(10-24(25)18-51-33(27)14-26(21)35(28)44-37)30-16-41-36(43-30)29-9-20(15-40-29)17-49-3/h5-8,10-11,14,16,19-20,23,29,31-32,34,40H,9,12-13,15,17-18H2,1-4H3,(H,41,43)(H,42,44)(H,45,48). The minimum Gasteiger partial charge on any atom is -0.488 e. The zero-order valence-corrected chi connectivity index (χ0v) is 29.3. The number of amides is 2. The van der Waals surface area contributed by atoms with Crippen LogP contribution in [-0.4, -0.2) is 76.3 Å². The molecule has 2 aromatic heterocycles. The van der Waals surface area contributed by atoms with E-state index in [4.69, 9.17) is 24.2 Å². The van der Waals surface area contributed by atoms with E-state index in [1.165, 1.54) is 7.11 Å². The van der Waals surface area contributed by atoms with Crippen molar-refractivity contribution in [2.45, 2.75) is 63.9 Å². The number of ether oxygens (including phenoxy) is 3. The molecule has 12 nitrogen and oxygen atoms in total. The van der Waals surface area contributed by atoms with Crippen molar-refractivity contribution in [3.63, 3.8) is 0 Å². The Morgan fingerprint density at radius 2 is 1.92 bits per heavy atom. The van der Waals surface area contributed by atoms with Crippen molar-refractivity contribution < 1.29 is 23.8 Å². The molecule has 2 amide bonds. The molecular weight excluding hydrogens is 646 g/mol. The number of hydrogen-bond acceptors (Lipinski definition) is 8. The Morgan fingerprint density at radius 1 is 1.04 bits per heavy atom. The first-order valence-electron chi connectivity index (χ1n) is 18.0.